The van der Waals surface area contributed by atoms with E-state index in [1.165, 1.54) is 6.42 Å². The third-order valence-electron chi connectivity index (χ3n) is 5.95. The molecule has 0 aliphatic heterocycles. The highest BCUT2D eigenvalue weighted by atomic mass is 32.2. The van der Waals surface area contributed by atoms with Crippen molar-refractivity contribution in [2.24, 2.45) is 17.3 Å². The summed E-state index contributed by atoms with van der Waals surface area (Å²) in [4.78, 5) is 14.2. The second-order valence-electron chi connectivity index (χ2n) is 7.82. The first-order valence-corrected chi connectivity index (χ1v) is 10.8. The monoisotopic (exact) mass is 362 g/mol. The number of amides is 1. The second kappa shape index (κ2) is 8.48. The summed E-state index contributed by atoms with van der Waals surface area (Å²) in [5, 5.41) is 4.33. The van der Waals surface area contributed by atoms with Gasteiger partial charge in [0.05, 0.1) is 0 Å². The molecule has 0 aromatic heterocycles. The molecule has 0 saturated heterocycles. The van der Waals surface area contributed by atoms with Crippen molar-refractivity contribution < 1.29 is 4.79 Å². The van der Waals surface area contributed by atoms with Crippen molar-refractivity contribution in [2.45, 2.75) is 46.3 Å². The first-order chi connectivity index (χ1) is 11.8. The van der Waals surface area contributed by atoms with Crippen LogP contribution in [0.25, 0.3) is 0 Å². The molecule has 1 amide bonds. The van der Waals surface area contributed by atoms with Crippen LogP contribution in [0.2, 0.25) is 0 Å². The Labute approximate surface area is 157 Å². The summed E-state index contributed by atoms with van der Waals surface area (Å²) in [5.74, 6) is 1.56. The van der Waals surface area contributed by atoms with E-state index in [1.807, 2.05) is 54.8 Å². The van der Waals surface area contributed by atoms with Crippen LogP contribution in [0.3, 0.4) is 0 Å². The van der Waals surface area contributed by atoms with Gasteiger partial charge in [-0.3, -0.25) is 4.79 Å². The fraction of sp³-hybridized carbons (Fsp3) is 0.667. The standard InChI is InChI=1S/C21H34N2OS/c1-7-23(8-2)20(24)16-9-11-18(12-10-16)22-14-17-13-15(3)19(25-6)21(17,4)5/h9-12,15,17,19,22H,7-8,13-14H2,1-6H3. The number of rotatable bonds is 7. The van der Waals surface area contributed by atoms with E-state index in [0.29, 0.717) is 11.3 Å². The van der Waals surface area contributed by atoms with Crippen LogP contribution in [0, 0.1) is 17.3 Å². The number of nitrogens with one attached hydrogen (secondary N) is 1. The van der Waals surface area contributed by atoms with Gasteiger partial charge in [-0.05, 0) is 68.0 Å². The van der Waals surface area contributed by atoms with Crippen molar-refractivity contribution in [3.63, 3.8) is 0 Å². The molecule has 3 atom stereocenters. The van der Waals surface area contributed by atoms with E-state index in [1.54, 1.807) is 0 Å². The van der Waals surface area contributed by atoms with E-state index in [0.717, 1.165) is 42.1 Å². The molecule has 1 N–H and O–H groups in total. The quantitative estimate of drug-likeness (QED) is 0.741. The molecule has 0 radical (unpaired) electrons. The molecule has 1 saturated carbocycles. The van der Waals surface area contributed by atoms with Crippen LogP contribution in [0.15, 0.2) is 24.3 Å². The zero-order valence-electron chi connectivity index (χ0n) is 16.6. The Kier molecular flexibility index (Phi) is 6.84. The first-order valence-electron chi connectivity index (χ1n) is 9.51. The van der Waals surface area contributed by atoms with Crippen LogP contribution in [0.5, 0.6) is 0 Å². The van der Waals surface area contributed by atoms with Crippen LogP contribution in [-0.4, -0.2) is 41.9 Å². The molecular formula is C21H34N2OS. The number of nitrogens with zero attached hydrogens (tertiary/aromatic N) is 1. The lowest BCUT2D eigenvalue weighted by molar-refractivity contribution is 0.0773. The number of hydrogen-bond acceptors (Lipinski definition) is 3. The van der Waals surface area contributed by atoms with Crippen LogP contribution in [-0.2, 0) is 0 Å². The molecule has 0 spiro atoms. The van der Waals surface area contributed by atoms with Crippen LogP contribution >= 0.6 is 11.8 Å². The average Bonchev–Trinajstić information content (AvgIpc) is 2.82. The fourth-order valence-electron chi connectivity index (χ4n) is 4.39. The minimum Gasteiger partial charge on any atom is -0.385 e. The molecule has 0 bridgehead atoms. The van der Waals surface area contributed by atoms with Crippen molar-refractivity contribution >= 4 is 23.4 Å². The summed E-state index contributed by atoms with van der Waals surface area (Å²) < 4.78 is 0. The number of benzene rings is 1. The summed E-state index contributed by atoms with van der Waals surface area (Å²) >= 11 is 2.02. The number of anilines is 1. The molecule has 25 heavy (non-hydrogen) atoms. The lowest BCUT2D eigenvalue weighted by Crippen LogP contribution is -2.32. The van der Waals surface area contributed by atoms with Gasteiger partial charge in [-0.25, -0.2) is 0 Å². The van der Waals surface area contributed by atoms with Gasteiger partial charge in [0.15, 0.2) is 0 Å². The van der Waals surface area contributed by atoms with Crippen LogP contribution in [0.1, 0.15) is 51.4 Å². The molecule has 3 nitrogen and oxygen atoms in total. The maximum atomic E-state index is 12.4. The topological polar surface area (TPSA) is 32.3 Å². The minimum absolute atomic E-state index is 0.116. The summed E-state index contributed by atoms with van der Waals surface area (Å²) in [7, 11) is 0. The smallest absolute Gasteiger partial charge is 0.253 e. The summed E-state index contributed by atoms with van der Waals surface area (Å²) in [6.45, 7) is 13.7. The van der Waals surface area contributed by atoms with Crippen molar-refractivity contribution in [1.82, 2.24) is 4.90 Å². The summed E-state index contributed by atoms with van der Waals surface area (Å²) in [6, 6.07) is 7.95. The van der Waals surface area contributed by atoms with Gasteiger partial charge in [-0.15, -0.1) is 0 Å². The minimum atomic E-state index is 0.116. The van der Waals surface area contributed by atoms with E-state index in [2.05, 4.69) is 32.3 Å². The predicted octanol–water partition coefficient (Wildman–Crippen LogP) is 4.99. The highest BCUT2D eigenvalue weighted by Gasteiger charge is 2.46. The van der Waals surface area contributed by atoms with Gasteiger partial charge in [0.25, 0.3) is 5.91 Å². The zero-order chi connectivity index (χ0) is 18.6. The highest BCUT2D eigenvalue weighted by molar-refractivity contribution is 7.99. The van der Waals surface area contributed by atoms with Crippen molar-refractivity contribution in [3.05, 3.63) is 29.8 Å². The molecule has 1 aromatic rings. The lowest BCUT2D eigenvalue weighted by atomic mass is 9.81. The van der Waals surface area contributed by atoms with Gasteiger partial charge in [0.1, 0.15) is 0 Å². The average molecular weight is 363 g/mol. The van der Waals surface area contributed by atoms with Gasteiger partial charge in [0, 0.05) is 36.1 Å². The Morgan fingerprint density at radius 1 is 1.24 bits per heavy atom. The molecule has 1 aliphatic rings. The van der Waals surface area contributed by atoms with Gasteiger partial charge in [0.2, 0.25) is 0 Å². The first kappa shape index (κ1) is 20.2. The SMILES string of the molecule is CCN(CC)C(=O)c1ccc(NCC2CC(C)C(SC)C2(C)C)cc1. The summed E-state index contributed by atoms with van der Waals surface area (Å²) in [5.41, 5.74) is 2.23. The Balaban J connectivity index is 1.97. The number of carbonyl (C=O) groups is 1. The molecule has 3 unspecified atom stereocenters. The molecule has 4 heteroatoms. The van der Waals surface area contributed by atoms with Crippen molar-refractivity contribution in [2.75, 3.05) is 31.2 Å². The largest absolute Gasteiger partial charge is 0.385 e. The second-order valence-corrected chi connectivity index (χ2v) is 8.80. The molecule has 1 aromatic carbocycles. The third kappa shape index (κ3) is 4.33. The predicted molar refractivity (Wildman–Crippen MR) is 111 cm³/mol. The van der Waals surface area contributed by atoms with Crippen molar-refractivity contribution in [1.29, 1.82) is 0 Å². The van der Waals surface area contributed by atoms with Gasteiger partial charge < -0.3 is 10.2 Å². The number of carbonyl (C=O) groups excluding carboxylic acids is 1. The molecule has 1 fully saturated rings. The van der Waals surface area contributed by atoms with Gasteiger partial charge >= 0.3 is 0 Å². The van der Waals surface area contributed by atoms with E-state index in [4.69, 9.17) is 0 Å². The lowest BCUT2D eigenvalue weighted by Gasteiger charge is -2.33. The molecule has 0 heterocycles. The molecule has 1 aliphatic carbocycles. The summed E-state index contributed by atoms with van der Waals surface area (Å²) in [6.07, 6.45) is 3.52. The van der Waals surface area contributed by atoms with Gasteiger partial charge in [-0.2, -0.15) is 11.8 Å². The maximum absolute atomic E-state index is 12.4. The van der Waals surface area contributed by atoms with Gasteiger partial charge in [-0.1, -0.05) is 20.8 Å². The van der Waals surface area contributed by atoms with Crippen LogP contribution < -0.4 is 5.32 Å². The van der Waals surface area contributed by atoms with Crippen LogP contribution in [0.4, 0.5) is 5.69 Å². The van der Waals surface area contributed by atoms with E-state index in [-0.39, 0.29) is 5.91 Å². The fourth-order valence-corrected chi connectivity index (χ4v) is 5.76. The molecule has 2 rings (SSSR count). The van der Waals surface area contributed by atoms with E-state index < -0.39 is 0 Å². The maximum Gasteiger partial charge on any atom is 0.253 e. The number of thioether (sulfide) groups is 1. The van der Waals surface area contributed by atoms with Crippen molar-refractivity contribution in [3.8, 4) is 0 Å². The highest BCUT2D eigenvalue weighted by Crippen LogP contribution is 2.51. The van der Waals surface area contributed by atoms with E-state index in [9.17, 15) is 4.79 Å². The Morgan fingerprint density at radius 3 is 2.32 bits per heavy atom. The zero-order valence-corrected chi connectivity index (χ0v) is 17.5. The number of hydrogen-bond donors (Lipinski definition) is 1. The van der Waals surface area contributed by atoms with E-state index >= 15 is 0 Å². The Hall–Kier alpha value is -1.16. The third-order valence-corrected chi connectivity index (χ3v) is 7.53. The Bertz CT molecular complexity index is 566. The molecular weight excluding hydrogens is 328 g/mol. The normalized spacial score (nSPS) is 25.0. The molecule has 140 valence electrons. The Morgan fingerprint density at radius 2 is 1.84 bits per heavy atom.